The number of hydrogen-bond acceptors (Lipinski definition) is 5. The molecule has 7 heteroatoms. The molecule has 0 aromatic carbocycles. The molecule has 0 aliphatic carbocycles. The first-order valence-corrected chi connectivity index (χ1v) is 8.27. The molecule has 1 N–H and O–H groups in total. The minimum Gasteiger partial charge on any atom is -0.317 e. The van der Waals surface area contributed by atoms with E-state index in [-0.39, 0.29) is 12.1 Å². The molecule has 22 heavy (non-hydrogen) atoms. The summed E-state index contributed by atoms with van der Waals surface area (Å²) in [5, 5.41) is 12.5. The molecule has 1 fully saturated rings. The Morgan fingerprint density at radius 1 is 1.36 bits per heavy atom. The molecular weight excluding hydrogens is 298 g/mol. The van der Waals surface area contributed by atoms with Gasteiger partial charge in [0.15, 0.2) is 0 Å². The van der Waals surface area contributed by atoms with E-state index in [1.54, 1.807) is 12.4 Å². The van der Waals surface area contributed by atoms with Crippen molar-refractivity contribution >= 4 is 22.5 Å². The third kappa shape index (κ3) is 3.09. The van der Waals surface area contributed by atoms with Crippen LogP contribution in [-0.2, 0) is 0 Å². The van der Waals surface area contributed by atoms with Gasteiger partial charge in [-0.2, -0.15) is 0 Å². The summed E-state index contributed by atoms with van der Waals surface area (Å²) in [6.07, 6.45) is 5.52. The molecule has 2 aromatic rings. The highest BCUT2D eigenvalue weighted by Gasteiger charge is 2.30. The molecule has 116 valence electrons. The minimum absolute atomic E-state index is 0.106. The van der Waals surface area contributed by atoms with E-state index in [2.05, 4.69) is 34.3 Å². The van der Waals surface area contributed by atoms with Crippen LogP contribution in [0.1, 0.15) is 49.2 Å². The number of aromatic nitrogens is 3. The van der Waals surface area contributed by atoms with Crippen molar-refractivity contribution in [1.82, 2.24) is 20.1 Å². The van der Waals surface area contributed by atoms with Crippen LogP contribution in [0.3, 0.4) is 0 Å². The van der Waals surface area contributed by atoms with E-state index >= 15 is 0 Å². The van der Waals surface area contributed by atoms with Crippen LogP contribution in [0.4, 0.5) is 9.93 Å². The molecule has 0 radical (unpaired) electrons. The SMILES string of the molecule is CC(C)c1nnc(NC(=O)N2CCC[C@H]2c2ccncc2)s1. The number of likely N-dealkylation sites (tertiary alicyclic amines) is 1. The quantitative estimate of drug-likeness (QED) is 0.941. The Kier molecular flexibility index (Phi) is 4.33. The third-order valence-electron chi connectivity index (χ3n) is 3.75. The molecule has 0 bridgehead atoms. The number of rotatable bonds is 3. The standard InChI is InChI=1S/C15H19N5OS/c1-10(2)13-18-19-14(22-13)17-15(21)20-9-3-4-12(20)11-5-7-16-8-6-11/h5-8,10,12H,3-4,9H2,1-2H3,(H,17,19,21)/t12-/m0/s1. The highest BCUT2D eigenvalue weighted by molar-refractivity contribution is 7.15. The third-order valence-corrected chi connectivity index (χ3v) is 4.89. The molecule has 2 aromatic heterocycles. The second-order valence-corrected chi connectivity index (χ2v) is 6.67. The molecular formula is C15H19N5OS. The molecule has 2 amide bonds. The van der Waals surface area contributed by atoms with Gasteiger partial charge in [0.25, 0.3) is 0 Å². The number of amides is 2. The lowest BCUT2D eigenvalue weighted by Gasteiger charge is -2.24. The fourth-order valence-electron chi connectivity index (χ4n) is 2.62. The molecule has 1 saturated heterocycles. The minimum atomic E-state index is -0.106. The van der Waals surface area contributed by atoms with Gasteiger partial charge in [-0.05, 0) is 30.5 Å². The van der Waals surface area contributed by atoms with Crippen molar-refractivity contribution in [1.29, 1.82) is 0 Å². The number of carbonyl (C=O) groups is 1. The summed E-state index contributed by atoms with van der Waals surface area (Å²) in [5.41, 5.74) is 1.13. The maximum atomic E-state index is 12.5. The van der Waals surface area contributed by atoms with E-state index < -0.39 is 0 Å². The number of hydrogen-bond donors (Lipinski definition) is 1. The zero-order chi connectivity index (χ0) is 15.5. The monoisotopic (exact) mass is 317 g/mol. The Morgan fingerprint density at radius 3 is 2.82 bits per heavy atom. The molecule has 1 aliphatic heterocycles. The number of urea groups is 1. The van der Waals surface area contributed by atoms with Gasteiger partial charge in [-0.3, -0.25) is 10.3 Å². The summed E-state index contributed by atoms with van der Waals surface area (Å²) >= 11 is 1.43. The van der Waals surface area contributed by atoms with Crippen LogP contribution in [0.25, 0.3) is 0 Å². The van der Waals surface area contributed by atoms with Crippen LogP contribution in [0.15, 0.2) is 24.5 Å². The molecule has 0 saturated carbocycles. The first-order valence-electron chi connectivity index (χ1n) is 7.46. The van der Waals surface area contributed by atoms with Gasteiger partial charge < -0.3 is 4.90 Å². The van der Waals surface area contributed by atoms with Gasteiger partial charge in [-0.15, -0.1) is 10.2 Å². The smallest absolute Gasteiger partial charge is 0.317 e. The predicted octanol–water partition coefficient (Wildman–Crippen LogP) is 3.43. The van der Waals surface area contributed by atoms with E-state index in [0.29, 0.717) is 11.0 Å². The van der Waals surface area contributed by atoms with E-state index in [9.17, 15) is 4.79 Å². The molecule has 1 atom stereocenters. The van der Waals surface area contributed by atoms with Gasteiger partial charge in [-0.25, -0.2) is 4.79 Å². The Hall–Kier alpha value is -2.02. The number of nitrogens with one attached hydrogen (secondary N) is 1. The lowest BCUT2D eigenvalue weighted by atomic mass is 10.1. The number of anilines is 1. The van der Waals surface area contributed by atoms with Crippen LogP contribution in [-0.4, -0.2) is 32.7 Å². The second kappa shape index (κ2) is 6.39. The van der Waals surface area contributed by atoms with Crippen LogP contribution in [0, 0.1) is 0 Å². The van der Waals surface area contributed by atoms with Gasteiger partial charge in [0, 0.05) is 24.9 Å². The molecule has 6 nitrogen and oxygen atoms in total. The first kappa shape index (κ1) is 14.9. The fourth-order valence-corrected chi connectivity index (χ4v) is 3.36. The number of pyridine rings is 1. The van der Waals surface area contributed by atoms with Crippen molar-refractivity contribution < 1.29 is 4.79 Å². The Labute approximate surface area is 133 Å². The van der Waals surface area contributed by atoms with Crippen molar-refractivity contribution in [2.45, 2.75) is 38.6 Å². The van der Waals surface area contributed by atoms with Crippen molar-refractivity contribution in [2.75, 3.05) is 11.9 Å². The fraction of sp³-hybridized carbons (Fsp3) is 0.467. The molecule has 0 unspecified atom stereocenters. The highest BCUT2D eigenvalue weighted by Crippen LogP contribution is 2.32. The van der Waals surface area contributed by atoms with E-state index in [4.69, 9.17) is 0 Å². The topological polar surface area (TPSA) is 71.0 Å². The summed E-state index contributed by atoms with van der Waals surface area (Å²) in [6.45, 7) is 4.88. The normalized spacial score (nSPS) is 18.0. The van der Waals surface area contributed by atoms with Gasteiger partial charge in [-0.1, -0.05) is 25.2 Å². The van der Waals surface area contributed by atoms with Crippen LogP contribution in [0.5, 0.6) is 0 Å². The molecule has 3 rings (SSSR count). The number of nitrogens with zero attached hydrogens (tertiary/aromatic N) is 4. The van der Waals surface area contributed by atoms with E-state index in [0.717, 1.165) is 30.0 Å². The summed E-state index contributed by atoms with van der Waals surface area (Å²) < 4.78 is 0. The average Bonchev–Trinajstić information content (AvgIpc) is 3.17. The van der Waals surface area contributed by atoms with Crippen molar-refractivity contribution in [2.24, 2.45) is 0 Å². The molecule has 0 spiro atoms. The van der Waals surface area contributed by atoms with Crippen molar-refractivity contribution in [3.8, 4) is 0 Å². The van der Waals surface area contributed by atoms with Crippen LogP contribution in [0.2, 0.25) is 0 Å². The molecule has 3 heterocycles. The zero-order valence-electron chi connectivity index (χ0n) is 12.7. The zero-order valence-corrected chi connectivity index (χ0v) is 13.5. The summed E-state index contributed by atoms with van der Waals surface area (Å²) in [7, 11) is 0. The van der Waals surface area contributed by atoms with E-state index in [1.807, 2.05) is 17.0 Å². The Morgan fingerprint density at radius 2 is 2.14 bits per heavy atom. The number of carbonyl (C=O) groups excluding carboxylic acids is 1. The van der Waals surface area contributed by atoms with Gasteiger partial charge in [0.2, 0.25) is 5.13 Å². The highest BCUT2D eigenvalue weighted by atomic mass is 32.1. The maximum absolute atomic E-state index is 12.5. The van der Waals surface area contributed by atoms with Gasteiger partial charge in [0.05, 0.1) is 6.04 Å². The Balaban J connectivity index is 1.70. The van der Waals surface area contributed by atoms with Crippen LogP contribution < -0.4 is 5.32 Å². The van der Waals surface area contributed by atoms with Gasteiger partial charge in [0.1, 0.15) is 5.01 Å². The van der Waals surface area contributed by atoms with E-state index in [1.165, 1.54) is 11.3 Å². The predicted molar refractivity (Wildman–Crippen MR) is 85.9 cm³/mol. The summed E-state index contributed by atoms with van der Waals surface area (Å²) in [4.78, 5) is 18.4. The lowest BCUT2D eigenvalue weighted by molar-refractivity contribution is 0.207. The van der Waals surface area contributed by atoms with Gasteiger partial charge >= 0.3 is 6.03 Å². The molecule has 1 aliphatic rings. The second-order valence-electron chi connectivity index (χ2n) is 5.66. The average molecular weight is 317 g/mol. The largest absolute Gasteiger partial charge is 0.324 e. The lowest BCUT2D eigenvalue weighted by Crippen LogP contribution is -2.34. The maximum Gasteiger partial charge on any atom is 0.324 e. The van der Waals surface area contributed by atoms with Crippen LogP contribution >= 0.6 is 11.3 Å². The van der Waals surface area contributed by atoms with Crippen molar-refractivity contribution in [3.05, 3.63) is 35.1 Å². The Bertz CT molecular complexity index is 642. The summed E-state index contributed by atoms with van der Waals surface area (Å²) in [5.74, 6) is 0.319. The summed E-state index contributed by atoms with van der Waals surface area (Å²) in [6, 6.07) is 3.95. The van der Waals surface area contributed by atoms with Crippen molar-refractivity contribution in [3.63, 3.8) is 0 Å². The first-order chi connectivity index (χ1) is 10.6.